The number of benzene rings is 2. The predicted octanol–water partition coefficient (Wildman–Crippen LogP) is 4.03. The smallest absolute Gasteiger partial charge is 0.119 e. The van der Waals surface area contributed by atoms with Crippen LogP contribution in [-0.2, 0) is 0 Å². The zero-order valence-corrected chi connectivity index (χ0v) is 12.5. The third kappa shape index (κ3) is 4.10. The van der Waals surface area contributed by atoms with Crippen LogP contribution in [0.5, 0.6) is 5.75 Å². The van der Waals surface area contributed by atoms with Gasteiger partial charge < -0.3 is 10.1 Å². The van der Waals surface area contributed by atoms with E-state index in [0.29, 0.717) is 6.61 Å². The number of likely N-dealkylation sites (N-methyl/N-ethyl adjacent to an activating group) is 1. The first kappa shape index (κ1) is 14.6. The molecule has 2 aromatic rings. The molecular weight excluding hydrogens is 246 g/mol. The summed E-state index contributed by atoms with van der Waals surface area (Å²) in [4.78, 5) is 0. The molecule has 0 spiro atoms. The van der Waals surface area contributed by atoms with Crippen LogP contribution < -0.4 is 10.1 Å². The van der Waals surface area contributed by atoms with Gasteiger partial charge in [0, 0.05) is 0 Å². The second-order valence-corrected chi connectivity index (χ2v) is 5.15. The van der Waals surface area contributed by atoms with Gasteiger partial charge in [-0.25, -0.2) is 0 Å². The van der Waals surface area contributed by atoms with Crippen LogP contribution in [0.4, 0.5) is 0 Å². The number of aryl methyl sites for hydroxylation is 2. The van der Waals surface area contributed by atoms with Crippen molar-refractivity contribution in [2.24, 2.45) is 0 Å². The average Bonchev–Trinajstić information content (AvgIpc) is 2.44. The molecule has 0 aliphatic rings. The third-order valence-electron chi connectivity index (χ3n) is 3.34. The van der Waals surface area contributed by atoms with Gasteiger partial charge in [0.1, 0.15) is 12.4 Å². The van der Waals surface area contributed by atoms with E-state index in [9.17, 15) is 0 Å². The lowest BCUT2D eigenvalue weighted by atomic mass is 10.1. The molecule has 20 heavy (non-hydrogen) atoms. The fraction of sp³-hybridized carbons (Fsp3) is 0.333. The Morgan fingerprint density at radius 3 is 2.40 bits per heavy atom. The lowest BCUT2D eigenvalue weighted by Gasteiger charge is -2.19. The molecule has 0 radical (unpaired) electrons. The van der Waals surface area contributed by atoms with Crippen molar-refractivity contribution in [3.63, 3.8) is 0 Å². The highest BCUT2D eigenvalue weighted by Crippen LogP contribution is 2.18. The Hall–Kier alpha value is -1.80. The summed E-state index contributed by atoms with van der Waals surface area (Å²) in [6, 6.07) is 17.0. The summed E-state index contributed by atoms with van der Waals surface area (Å²) in [6.07, 6.45) is 0. The van der Waals surface area contributed by atoms with Gasteiger partial charge in [0.05, 0.1) is 6.04 Å². The SMILES string of the molecule is CCNC(COc1cccc(C)c1)c1ccc(C)cc1. The van der Waals surface area contributed by atoms with Crippen LogP contribution in [0.15, 0.2) is 48.5 Å². The highest BCUT2D eigenvalue weighted by molar-refractivity contribution is 5.28. The van der Waals surface area contributed by atoms with Crippen LogP contribution in [0.25, 0.3) is 0 Å². The summed E-state index contributed by atoms with van der Waals surface area (Å²) < 4.78 is 5.92. The Kier molecular flexibility index (Phi) is 5.19. The van der Waals surface area contributed by atoms with Crippen LogP contribution >= 0.6 is 0 Å². The Bertz CT molecular complexity index is 533. The van der Waals surface area contributed by atoms with E-state index in [4.69, 9.17) is 4.74 Å². The minimum Gasteiger partial charge on any atom is -0.492 e. The fourth-order valence-electron chi connectivity index (χ4n) is 2.20. The molecule has 0 saturated carbocycles. The van der Waals surface area contributed by atoms with E-state index in [-0.39, 0.29) is 6.04 Å². The quantitative estimate of drug-likeness (QED) is 0.854. The van der Waals surface area contributed by atoms with Gasteiger partial charge in [-0.2, -0.15) is 0 Å². The molecule has 0 fully saturated rings. The predicted molar refractivity (Wildman–Crippen MR) is 84.3 cm³/mol. The molecule has 0 aromatic heterocycles. The summed E-state index contributed by atoms with van der Waals surface area (Å²) in [6.45, 7) is 7.87. The van der Waals surface area contributed by atoms with E-state index in [1.807, 2.05) is 12.1 Å². The van der Waals surface area contributed by atoms with Gasteiger partial charge in [0.25, 0.3) is 0 Å². The van der Waals surface area contributed by atoms with Crippen molar-refractivity contribution in [3.05, 3.63) is 65.2 Å². The lowest BCUT2D eigenvalue weighted by Crippen LogP contribution is -2.26. The first-order valence-corrected chi connectivity index (χ1v) is 7.18. The molecule has 0 aliphatic heterocycles. The number of ether oxygens (including phenoxy) is 1. The Morgan fingerprint density at radius 2 is 1.75 bits per heavy atom. The Morgan fingerprint density at radius 1 is 1.00 bits per heavy atom. The first-order chi connectivity index (χ1) is 9.69. The van der Waals surface area contributed by atoms with Gasteiger partial charge in [-0.3, -0.25) is 0 Å². The summed E-state index contributed by atoms with van der Waals surface area (Å²) in [5.41, 5.74) is 3.77. The highest BCUT2D eigenvalue weighted by atomic mass is 16.5. The van der Waals surface area contributed by atoms with Gasteiger partial charge in [-0.15, -0.1) is 0 Å². The van der Waals surface area contributed by atoms with E-state index >= 15 is 0 Å². The second kappa shape index (κ2) is 7.11. The molecule has 0 amide bonds. The number of hydrogen-bond donors (Lipinski definition) is 1. The lowest BCUT2D eigenvalue weighted by molar-refractivity contribution is 0.268. The summed E-state index contributed by atoms with van der Waals surface area (Å²) in [5.74, 6) is 0.931. The number of hydrogen-bond acceptors (Lipinski definition) is 2. The molecule has 1 N–H and O–H groups in total. The molecule has 2 aromatic carbocycles. The summed E-state index contributed by atoms with van der Waals surface area (Å²) in [7, 11) is 0. The molecule has 0 heterocycles. The maximum absolute atomic E-state index is 5.92. The average molecular weight is 269 g/mol. The van der Waals surface area contributed by atoms with Crippen LogP contribution in [0.3, 0.4) is 0 Å². The fourth-order valence-corrected chi connectivity index (χ4v) is 2.20. The third-order valence-corrected chi connectivity index (χ3v) is 3.34. The molecule has 1 unspecified atom stereocenters. The van der Waals surface area contributed by atoms with Gasteiger partial charge in [-0.1, -0.05) is 48.9 Å². The minimum atomic E-state index is 0.223. The molecule has 2 rings (SSSR count). The maximum Gasteiger partial charge on any atom is 0.119 e. The molecular formula is C18H23NO. The zero-order chi connectivity index (χ0) is 14.4. The molecule has 2 nitrogen and oxygen atoms in total. The minimum absolute atomic E-state index is 0.223. The van der Waals surface area contributed by atoms with Crippen LogP contribution in [0, 0.1) is 13.8 Å². The Balaban J connectivity index is 2.04. The van der Waals surface area contributed by atoms with Gasteiger partial charge >= 0.3 is 0 Å². The van der Waals surface area contributed by atoms with Crippen molar-refractivity contribution in [2.45, 2.75) is 26.8 Å². The Labute approximate surface area is 121 Å². The van der Waals surface area contributed by atoms with Crippen LogP contribution in [0.2, 0.25) is 0 Å². The van der Waals surface area contributed by atoms with E-state index in [2.05, 4.69) is 62.5 Å². The normalized spacial score (nSPS) is 12.2. The van der Waals surface area contributed by atoms with Crippen molar-refractivity contribution in [3.8, 4) is 5.75 Å². The highest BCUT2D eigenvalue weighted by Gasteiger charge is 2.11. The van der Waals surface area contributed by atoms with E-state index in [1.165, 1.54) is 16.7 Å². The largest absolute Gasteiger partial charge is 0.492 e. The summed E-state index contributed by atoms with van der Waals surface area (Å²) in [5, 5.41) is 3.48. The van der Waals surface area contributed by atoms with Crippen LogP contribution in [-0.4, -0.2) is 13.2 Å². The standard InChI is InChI=1S/C18H23NO/c1-4-19-18(16-10-8-14(2)9-11-16)13-20-17-7-5-6-15(3)12-17/h5-12,18-19H,4,13H2,1-3H3. The van der Waals surface area contributed by atoms with Crippen molar-refractivity contribution in [1.82, 2.24) is 5.32 Å². The van der Waals surface area contributed by atoms with E-state index in [0.717, 1.165) is 12.3 Å². The van der Waals surface area contributed by atoms with Gasteiger partial charge in [-0.05, 0) is 43.7 Å². The monoisotopic (exact) mass is 269 g/mol. The molecule has 2 heteroatoms. The van der Waals surface area contributed by atoms with Crippen molar-refractivity contribution in [1.29, 1.82) is 0 Å². The van der Waals surface area contributed by atoms with Crippen molar-refractivity contribution >= 4 is 0 Å². The van der Waals surface area contributed by atoms with Crippen molar-refractivity contribution in [2.75, 3.05) is 13.2 Å². The summed E-state index contributed by atoms with van der Waals surface area (Å²) >= 11 is 0. The topological polar surface area (TPSA) is 21.3 Å². The molecule has 0 saturated heterocycles. The maximum atomic E-state index is 5.92. The van der Waals surface area contributed by atoms with Gasteiger partial charge in [0.15, 0.2) is 0 Å². The van der Waals surface area contributed by atoms with E-state index < -0.39 is 0 Å². The van der Waals surface area contributed by atoms with Crippen molar-refractivity contribution < 1.29 is 4.74 Å². The van der Waals surface area contributed by atoms with Crippen LogP contribution in [0.1, 0.15) is 29.7 Å². The molecule has 106 valence electrons. The number of nitrogens with one attached hydrogen (secondary N) is 1. The molecule has 1 atom stereocenters. The first-order valence-electron chi connectivity index (χ1n) is 7.18. The molecule has 0 aliphatic carbocycles. The second-order valence-electron chi connectivity index (χ2n) is 5.15. The van der Waals surface area contributed by atoms with E-state index in [1.54, 1.807) is 0 Å². The van der Waals surface area contributed by atoms with Gasteiger partial charge in [0.2, 0.25) is 0 Å². The number of rotatable bonds is 6. The zero-order valence-electron chi connectivity index (χ0n) is 12.5. The molecule has 0 bridgehead atoms.